The second-order valence-electron chi connectivity index (χ2n) is 10.8. The summed E-state index contributed by atoms with van der Waals surface area (Å²) in [4.78, 5) is 33.2. The van der Waals surface area contributed by atoms with Crippen LogP contribution in [0.25, 0.3) is 0 Å². The fraction of sp³-hybridized carbons (Fsp3) is 0.438. The second kappa shape index (κ2) is 14.0. The standard InChI is InChI=1S/C32H40N6O4S/c1-5-17-43-32-35-31-33-22(4)28(30(40)34-24-12-10-11-21(3)18-24)29(38(31)36-32)23-13-14-25(26(19-23)41-6-2)42-20-27(39)37-15-8-7-9-16-37/h10-14,18-19,29H,5-9,15-17,20H2,1-4H3,(H,34,40)(H,33,35,36). The van der Waals surface area contributed by atoms with Gasteiger partial charge in [0, 0.05) is 30.2 Å². The van der Waals surface area contributed by atoms with E-state index in [1.54, 1.807) is 22.5 Å². The lowest BCUT2D eigenvalue weighted by Gasteiger charge is -2.29. The van der Waals surface area contributed by atoms with Gasteiger partial charge in [-0.1, -0.05) is 36.9 Å². The molecule has 2 aliphatic heterocycles. The number of fused-ring (bicyclic) bond motifs is 1. The molecular weight excluding hydrogens is 564 g/mol. The molecule has 1 fully saturated rings. The molecule has 0 saturated carbocycles. The number of hydrogen-bond donors (Lipinski definition) is 2. The predicted octanol–water partition coefficient (Wildman–Crippen LogP) is 5.81. The van der Waals surface area contributed by atoms with Gasteiger partial charge in [0.25, 0.3) is 11.8 Å². The number of hydrogen-bond acceptors (Lipinski definition) is 8. The van der Waals surface area contributed by atoms with Crippen molar-refractivity contribution in [1.29, 1.82) is 0 Å². The van der Waals surface area contributed by atoms with Crippen LogP contribution in [0.3, 0.4) is 0 Å². The van der Waals surface area contributed by atoms with E-state index in [-0.39, 0.29) is 18.4 Å². The number of benzene rings is 2. The van der Waals surface area contributed by atoms with Crippen LogP contribution in [0.15, 0.2) is 58.9 Å². The predicted molar refractivity (Wildman–Crippen MR) is 169 cm³/mol. The van der Waals surface area contributed by atoms with E-state index < -0.39 is 6.04 Å². The van der Waals surface area contributed by atoms with Crippen LogP contribution >= 0.6 is 11.8 Å². The summed E-state index contributed by atoms with van der Waals surface area (Å²) in [6, 6.07) is 12.7. The van der Waals surface area contributed by atoms with Crippen molar-refractivity contribution >= 4 is 35.2 Å². The minimum absolute atomic E-state index is 0.0254. The van der Waals surface area contributed by atoms with Gasteiger partial charge < -0.3 is 25.0 Å². The Hall–Kier alpha value is -3.99. The Bertz CT molecular complexity index is 1500. The topological polar surface area (TPSA) is 111 Å². The summed E-state index contributed by atoms with van der Waals surface area (Å²) >= 11 is 1.58. The van der Waals surface area contributed by atoms with Gasteiger partial charge in [0.2, 0.25) is 11.1 Å². The molecule has 228 valence electrons. The molecule has 1 saturated heterocycles. The average molecular weight is 605 g/mol. The maximum atomic E-state index is 13.9. The van der Waals surface area contributed by atoms with E-state index in [9.17, 15) is 9.59 Å². The number of piperidine rings is 1. The number of allylic oxidation sites excluding steroid dienone is 1. The van der Waals surface area contributed by atoms with Crippen molar-refractivity contribution in [3.05, 3.63) is 64.9 Å². The van der Waals surface area contributed by atoms with Crippen LogP contribution in [0.5, 0.6) is 11.5 Å². The number of ether oxygens (including phenoxy) is 2. The zero-order valence-corrected chi connectivity index (χ0v) is 26.1. The van der Waals surface area contributed by atoms with Gasteiger partial charge in [0.15, 0.2) is 18.1 Å². The van der Waals surface area contributed by atoms with Gasteiger partial charge in [-0.3, -0.25) is 9.59 Å². The molecule has 2 amide bonds. The Labute approximate surface area is 257 Å². The number of likely N-dealkylation sites (tertiary alicyclic amines) is 1. The average Bonchev–Trinajstić information content (AvgIpc) is 3.41. The van der Waals surface area contributed by atoms with Gasteiger partial charge in [-0.15, -0.1) is 5.10 Å². The highest BCUT2D eigenvalue weighted by molar-refractivity contribution is 7.99. The molecule has 5 rings (SSSR count). The van der Waals surface area contributed by atoms with Crippen LogP contribution in [-0.2, 0) is 9.59 Å². The first-order chi connectivity index (χ1) is 20.9. The minimum atomic E-state index is -0.576. The van der Waals surface area contributed by atoms with Gasteiger partial charge in [0.05, 0.1) is 12.2 Å². The van der Waals surface area contributed by atoms with Crippen molar-refractivity contribution in [2.75, 3.05) is 42.7 Å². The fourth-order valence-corrected chi connectivity index (χ4v) is 6.05. The van der Waals surface area contributed by atoms with Crippen molar-refractivity contribution < 1.29 is 19.1 Å². The van der Waals surface area contributed by atoms with Gasteiger partial charge >= 0.3 is 0 Å². The SMILES string of the molecule is CCCSc1nc2n(n1)C(c1ccc(OCC(=O)N3CCCCC3)c(OCC)c1)C(C(=O)Nc1cccc(C)c1)=C(C)N2. The van der Waals surface area contributed by atoms with Gasteiger partial charge in [-0.05, 0) is 81.8 Å². The van der Waals surface area contributed by atoms with E-state index in [2.05, 4.69) is 17.6 Å². The summed E-state index contributed by atoms with van der Waals surface area (Å²) in [7, 11) is 0. The van der Waals surface area contributed by atoms with E-state index >= 15 is 0 Å². The smallest absolute Gasteiger partial charge is 0.260 e. The number of nitrogens with one attached hydrogen (secondary N) is 2. The van der Waals surface area contributed by atoms with Crippen molar-refractivity contribution in [2.24, 2.45) is 0 Å². The Morgan fingerprint density at radius 1 is 1.05 bits per heavy atom. The lowest BCUT2D eigenvalue weighted by atomic mass is 9.94. The molecule has 1 unspecified atom stereocenters. The maximum Gasteiger partial charge on any atom is 0.260 e. The maximum absolute atomic E-state index is 13.9. The van der Waals surface area contributed by atoms with E-state index in [1.807, 2.05) is 62.1 Å². The van der Waals surface area contributed by atoms with Crippen LogP contribution in [0.4, 0.5) is 11.6 Å². The number of carbonyl (C=O) groups is 2. The molecule has 3 heterocycles. The molecule has 0 radical (unpaired) electrons. The summed E-state index contributed by atoms with van der Waals surface area (Å²) in [6.45, 7) is 9.78. The number of amides is 2. The molecule has 0 aliphatic carbocycles. The zero-order chi connectivity index (χ0) is 30.3. The van der Waals surface area contributed by atoms with E-state index in [0.29, 0.717) is 46.2 Å². The summed E-state index contributed by atoms with van der Waals surface area (Å²) in [6.07, 6.45) is 4.20. The molecule has 11 heteroatoms. The van der Waals surface area contributed by atoms with E-state index in [4.69, 9.17) is 19.6 Å². The lowest BCUT2D eigenvalue weighted by Crippen LogP contribution is -2.38. The third-order valence-electron chi connectivity index (χ3n) is 7.43. The molecule has 10 nitrogen and oxygen atoms in total. The van der Waals surface area contributed by atoms with Gasteiger partial charge in [0.1, 0.15) is 6.04 Å². The highest BCUT2D eigenvalue weighted by Gasteiger charge is 2.35. The van der Waals surface area contributed by atoms with Crippen LogP contribution in [0.1, 0.15) is 63.6 Å². The molecule has 3 aromatic rings. The number of nitrogens with zero attached hydrogens (tertiary/aromatic N) is 4. The third-order valence-corrected chi connectivity index (χ3v) is 8.48. The Morgan fingerprint density at radius 3 is 2.60 bits per heavy atom. The summed E-state index contributed by atoms with van der Waals surface area (Å²) in [5, 5.41) is 11.8. The van der Waals surface area contributed by atoms with Gasteiger partial charge in [-0.2, -0.15) is 4.98 Å². The molecular formula is C32H40N6O4S. The first-order valence-corrected chi connectivity index (χ1v) is 16.0. The normalized spacial score (nSPS) is 16.4. The highest BCUT2D eigenvalue weighted by Crippen LogP contribution is 2.40. The molecule has 0 spiro atoms. The molecule has 1 atom stereocenters. The van der Waals surface area contributed by atoms with Crippen LogP contribution < -0.4 is 20.1 Å². The summed E-state index contributed by atoms with van der Waals surface area (Å²) in [5.74, 6) is 2.17. The van der Waals surface area contributed by atoms with Crippen molar-refractivity contribution in [2.45, 2.75) is 64.6 Å². The fourth-order valence-electron chi connectivity index (χ4n) is 5.37. The van der Waals surface area contributed by atoms with Crippen LogP contribution in [-0.4, -0.2) is 63.5 Å². The summed E-state index contributed by atoms with van der Waals surface area (Å²) in [5.41, 5.74) is 3.75. The first-order valence-electron chi connectivity index (χ1n) is 15.0. The lowest BCUT2D eigenvalue weighted by molar-refractivity contribution is -0.134. The summed E-state index contributed by atoms with van der Waals surface area (Å²) < 4.78 is 13.8. The Kier molecular flexibility index (Phi) is 9.91. The Balaban J connectivity index is 1.48. The van der Waals surface area contributed by atoms with Crippen LogP contribution in [0, 0.1) is 6.92 Å². The number of thioether (sulfide) groups is 1. The van der Waals surface area contributed by atoms with E-state index in [1.165, 1.54) is 0 Å². The number of carbonyl (C=O) groups excluding carboxylic acids is 2. The van der Waals surface area contributed by atoms with Crippen LogP contribution in [0.2, 0.25) is 0 Å². The number of rotatable bonds is 11. The van der Waals surface area contributed by atoms with Crippen molar-refractivity contribution in [1.82, 2.24) is 19.7 Å². The zero-order valence-electron chi connectivity index (χ0n) is 25.3. The molecule has 2 N–H and O–H groups in total. The molecule has 2 aliphatic rings. The number of aromatic nitrogens is 3. The highest BCUT2D eigenvalue weighted by atomic mass is 32.2. The molecule has 0 bridgehead atoms. The largest absolute Gasteiger partial charge is 0.490 e. The quantitative estimate of drug-likeness (QED) is 0.264. The van der Waals surface area contributed by atoms with E-state index in [0.717, 1.165) is 55.7 Å². The molecule has 2 aromatic carbocycles. The number of aryl methyl sites for hydroxylation is 1. The van der Waals surface area contributed by atoms with Crippen molar-refractivity contribution in [3.63, 3.8) is 0 Å². The van der Waals surface area contributed by atoms with Crippen molar-refractivity contribution in [3.8, 4) is 11.5 Å². The van der Waals surface area contributed by atoms with Gasteiger partial charge in [-0.25, -0.2) is 4.68 Å². The third kappa shape index (κ3) is 7.15. The Morgan fingerprint density at radius 2 is 1.86 bits per heavy atom. The number of anilines is 2. The monoisotopic (exact) mass is 604 g/mol. The minimum Gasteiger partial charge on any atom is -0.490 e. The second-order valence-corrected chi connectivity index (χ2v) is 11.8. The first kappa shape index (κ1) is 30.5. The molecule has 1 aromatic heterocycles. The molecule has 43 heavy (non-hydrogen) atoms.